The van der Waals surface area contributed by atoms with E-state index >= 15 is 0 Å². The van der Waals surface area contributed by atoms with Gasteiger partial charge in [0, 0.05) is 40.4 Å². The maximum atomic E-state index is 11.3. The van der Waals surface area contributed by atoms with Gasteiger partial charge in [-0.1, -0.05) is 13.8 Å². The van der Waals surface area contributed by atoms with Gasteiger partial charge in [-0.15, -0.1) is 0 Å². The van der Waals surface area contributed by atoms with E-state index in [-0.39, 0.29) is 16.0 Å². The highest BCUT2D eigenvalue weighted by Crippen LogP contribution is 2.48. The highest BCUT2D eigenvalue weighted by molar-refractivity contribution is 5.79. The molecule has 0 atom stereocenters. The largest absolute Gasteiger partial charge is 0.492 e. The van der Waals surface area contributed by atoms with Crippen molar-refractivity contribution in [2.24, 2.45) is 0 Å². The van der Waals surface area contributed by atoms with E-state index in [1.165, 1.54) is 13.2 Å². The molecule has 2 aromatic rings. The van der Waals surface area contributed by atoms with Gasteiger partial charge in [0.15, 0.2) is 0 Å². The van der Waals surface area contributed by atoms with Crippen LogP contribution in [-0.4, -0.2) is 23.6 Å². The van der Waals surface area contributed by atoms with Gasteiger partial charge in [-0.3, -0.25) is 10.1 Å². The SMILES string of the molecule is COc1ncccc1-c1cc([N+](=O)[O-])cc2c1OCC2(C)C. The van der Waals surface area contributed by atoms with Crippen molar-refractivity contribution in [2.45, 2.75) is 19.3 Å². The molecule has 0 radical (unpaired) electrons. The second-order valence-electron chi connectivity index (χ2n) is 5.86. The van der Waals surface area contributed by atoms with Crippen molar-refractivity contribution >= 4 is 5.69 Å². The average Bonchev–Trinajstić information content (AvgIpc) is 2.82. The second-order valence-corrected chi connectivity index (χ2v) is 5.86. The van der Waals surface area contributed by atoms with Gasteiger partial charge in [-0.05, 0) is 12.1 Å². The third-order valence-electron chi connectivity index (χ3n) is 3.85. The maximum absolute atomic E-state index is 11.3. The van der Waals surface area contributed by atoms with Gasteiger partial charge in [-0.25, -0.2) is 4.98 Å². The Morgan fingerprint density at radius 1 is 1.36 bits per heavy atom. The maximum Gasteiger partial charge on any atom is 0.270 e. The molecule has 0 amide bonds. The molecule has 0 aliphatic carbocycles. The normalized spacial score (nSPS) is 15.0. The lowest BCUT2D eigenvalue weighted by Crippen LogP contribution is -2.18. The Morgan fingerprint density at radius 2 is 2.14 bits per heavy atom. The summed E-state index contributed by atoms with van der Waals surface area (Å²) in [4.78, 5) is 15.0. The number of non-ortho nitro benzene ring substituents is 1. The number of nitro groups is 1. The van der Waals surface area contributed by atoms with Gasteiger partial charge in [0.1, 0.15) is 5.75 Å². The Kier molecular flexibility index (Phi) is 3.24. The number of benzene rings is 1. The number of fused-ring (bicyclic) bond motifs is 1. The molecule has 0 N–H and O–H groups in total. The van der Waals surface area contributed by atoms with Crippen LogP contribution >= 0.6 is 0 Å². The number of aromatic nitrogens is 1. The van der Waals surface area contributed by atoms with E-state index in [1.54, 1.807) is 18.3 Å². The molecule has 1 aromatic carbocycles. The van der Waals surface area contributed by atoms with Crippen LogP contribution in [0.25, 0.3) is 11.1 Å². The molecule has 0 spiro atoms. The van der Waals surface area contributed by atoms with Crippen molar-refractivity contribution in [2.75, 3.05) is 13.7 Å². The van der Waals surface area contributed by atoms with Crippen LogP contribution in [-0.2, 0) is 5.41 Å². The number of hydrogen-bond donors (Lipinski definition) is 0. The first-order valence-electron chi connectivity index (χ1n) is 6.89. The van der Waals surface area contributed by atoms with E-state index in [9.17, 15) is 10.1 Å². The van der Waals surface area contributed by atoms with Crippen molar-refractivity contribution in [1.82, 2.24) is 4.98 Å². The van der Waals surface area contributed by atoms with Gasteiger partial charge in [0.25, 0.3) is 5.69 Å². The third-order valence-corrected chi connectivity index (χ3v) is 3.85. The van der Waals surface area contributed by atoms with E-state index < -0.39 is 0 Å². The summed E-state index contributed by atoms with van der Waals surface area (Å²) in [7, 11) is 1.52. The highest BCUT2D eigenvalue weighted by Gasteiger charge is 2.36. The number of pyridine rings is 1. The number of hydrogen-bond acceptors (Lipinski definition) is 5. The summed E-state index contributed by atoms with van der Waals surface area (Å²) in [5.41, 5.74) is 1.93. The zero-order valence-electron chi connectivity index (χ0n) is 12.6. The number of nitrogens with zero attached hydrogens (tertiary/aromatic N) is 2. The van der Waals surface area contributed by atoms with E-state index in [2.05, 4.69) is 4.98 Å². The van der Waals surface area contributed by atoms with Crippen LogP contribution in [0, 0.1) is 10.1 Å². The molecular formula is C16H16N2O4. The Balaban J connectivity index is 2.30. The quantitative estimate of drug-likeness (QED) is 0.642. The zero-order valence-corrected chi connectivity index (χ0v) is 12.6. The Morgan fingerprint density at radius 3 is 2.82 bits per heavy atom. The topological polar surface area (TPSA) is 74.5 Å². The summed E-state index contributed by atoms with van der Waals surface area (Å²) >= 11 is 0. The van der Waals surface area contributed by atoms with Crippen LogP contribution < -0.4 is 9.47 Å². The fourth-order valence-electron chi connectivity index (χ4n) is 2.67. The summed E-state index contributed by atoms with van der Waals surface area (Å²) in [6.07, 6.45) is 1.62. The molecule has 0 saturated heterocycles. The molecule has 3 rings (SSSR count). The van der Waals surface area contributed by atoms with Gasteiger partial charge < -0.3 is 9.47 Å². The summed E-state index contributed by atoms with van der Waals surface area (Å²) < 4.78 is 11.1. The van der Waals surface area contributed by atoms with Crippen molar-refractivity contribution in [3.05, 3.63) is 46.1 Å². The lowest BCUT2D eigenvalue weighted by Gasteiger charge is -2.15. The van der Waals surface area contributed by atoms with Gasteiger partial charge >= 0.3 is 0 Å². The molecular weight excluding hydrogens is 284 g/mol. The Hall–Kier alpha value is -2.63. The van der Waals surface area contributed by atoms with Crippen LogP contribution in [0.3, 0.4) is 0 Å². The van der Waals surface area contributed by atoms with E-state index in [0.29, 0.717) is 29.4 Å². The van der Waals surface area contributed by atoms with Crippen molar-refractivity contribution < 1.29 is 14.4 Å². The monoisotopic (exact) mass is 300 g/mol. The predicted molar refractivity (Wildman–Crippen MR) is 81.4 cm³/mol. The first-order chi connectivity index (χ1) is 10.4. The molecule has 6 heteroatoms. The molecule has 0 unspecified atom stereocenters. The smallest absolute Gasteiger partial charge is 0.270 e. The zero-order chi connectivity index (χ0) is 15.9. The lowest BCUT2D eigenvalue weighted by molar-refractivity contribution is -0.384. The molecule has 2 heterocycles. The van der Waals surface area contributed by atoms with E-state index in [4.69, 9.17) is 9.47 Å². The molecule has 22 heavy (non-hydrogen) atoms. The fourth-order valence-corrected chi connectivity index (χ4v) is 2.67. The summed E-state index contributed by atoms with van der Waals surface area (Å²) in [5, 5.41) is 11.3. The standard InChI is InChI=1S/C16H16N2O4/c1-16(2)9-22-14-12(7-10(18(19)20)8-13(14)16)11-5-4-6-17-15(11)21-3/h4-8H,9H2,1-3H3. The van der Waals surface area contributed by atoms with Crippen molar-refractivity contribution in [1.29, 1.82) is 0 Å². The third kappa shape index (κ3) is 2.16. The Bertz CT molecular complexity index is 756. The second kappa shape index (κ2) is 4.98. The van der Waals surface area contributed by atoms with Crippen LogP contribution in [0.15, 0.2) is 30.5 Å². The summed E-state index contributed by atoms with van der Waals surface area (Å²) in [6, 6.07) is 6.69. The molecule has 1 aromatic heterocycles. The van der Waals surface area contributed by atoms with Crippen LogP contribution in [0.1, 0.15) is 19.4 Å². The van der Waals surface area contributed by atoms with E-state index in [1.807, 2.05) is 19.9 Å². The number of methoxy groups -OCH3 is 1. The molecule has 6 nitrogen and oxygen atoms in total. The molecule has 1 aliphatic rings. The highest BCUT2D eigenvalue weighted by atomic mass is 16.6. The minimum absolute atomic E-state index is 0.0400. The van der Waals surface area contributed by atoms with Gasteiger partial charge in [0.2, 0.25) is 5.88 Å². The summed E-state index contributed by atoms with van der Waals surface area (Å²) in [5.74, 6) is 1.08. The van der Waals surface area contributed by atoms with E-state index in [0.717, 1.165) is 5.56 Å². The summed E-state index contributed by atoms with van der Waals surface area (Å²) in [6.45, 7) is 4.50. The van der Waals surface area contributed by atoms with Crippen LogP contribution in [0.2, 0.25) is 0 Å². The fraction of sp³-hybridized carbons (Fsp3) is 0.312. The number of nitro benzene ring substituents is 1. The van der Waals surface area contributed by atoms with Gasteiger partial charge in [-0.2, -0.15) is 0 Å². The first-order valence-corrected chi connectivity index (χ1v) is 6.89. The van der Waals surface area contributed by atoms with Crippen LogP contribution in [0.4, 0.5) is 5.69 Å². The lowest BCUT2D eigenvalue weighted by atomic mass is 9.85. The predicted octanol–water partition coefficient (Wildman–Crippen LogP) is 3.34. The number of rotatable bonds is 3. The molecule has 114 valence electrons. The number of ether oxygens (including phenoxy) is 2. The van der Waals surface area contributed by atoms with Crippen molar-refractivity contribution in [3.8, 4) is 22.8 Å². The molecule has 0 saturated carbocycles. The molecule has 1 aliphatic heterocycles. The van der Waals surface area contributed by atoms with Crippen molar-refractivity contribution in [3.63, 3.8) is 0 Å². The molecule has 0 fully saturated rings. The first kappa shape index (κ1) is 14.3. The average molecular weight is 300 g/mol. The van der Waals surface area contributed by atoms with Gasteiger partial charge in [0.05, 0.1) is 18.6 Å². The molecule has 0 bridgehead atoms. The minimum atomic E-state index is -0.388. The van der Waals surface area contributed by atoms with Crippen LogP contribution in [0.5, 0.6) is 11.6 Å². The minimum Gasteiger partial charge on any atom is -0.492 e. The Labute approximate surface area is 127 Å².